The van der Waals surface area contributed by atoms with Crippen molar-refractivity contribution in [2.24, 2.45) is 0 Å². The van der Waals surface area contributed by atoms with Gasteiger partial charge in [0.25, 0.3) is 0 Å². The second-order valence-corrected chi connectivity index (χ2v) is 7.45. The first-order valence-electron chi connectivity index (χ1n) is 9.28. The zero-order valence-electron chi connectivity index (χ0n) is 15.1. The lowest BCUT2D eigenvalue weighted by molar-refractivity contribution is -0.131. The van der Waals surface area contributed by atoms with E-state index < -0.39 is 6.04 Å². The lowest BCUT2D eigenvalue weighted by Crippen LogP contribution is -2.47. The van der Waals surface area contributed by atoms with Gasteiger partial charge in [-0.15, -0.1) is 6.42 Å². The van der Waals surface area contributed by atoms with Gasteiger partial charge < -0.3 is 15.0 Å². The van der Waals surface area contributed by atoms with Crippen LogP contribution in [-0.4, -0.2) is 46.6 Å². The fraction of sp³-hybridized carbons (Fsp3) is 0.550. The van der Waals surface area contributed by atoms with Crippen molar-refractivity contribution in [3.63, 3.8) is 0 Å². The van der Waals surface area contributed by atoms with Crippen LogP contribution < -0.4 is 10.1 Å². The Labute approximate surface area is 164 Å². The highest BCUT2D eigenvalue weighted by Gasteiger charge is 2.36. The normalized spacial score (nSPS) is 27.6. The molecular formula is C20H23ClN4O2. The van der Waals surface area contributed by atoms with E-state index in [-0.39, 0.29) is 30.6 Å². The maximum absolute atomic E-state index is 12.5. The van der Waals surface area contributed by atoms with Crippen molar-refractivity contribution < 1.29 is 9.53 Å². The molecule has 1 N–H and O–H groups in total. The number of nitriles is 1. The Morgan fingerprint density at radius 2 is 2.04 bits per heavy atom. The largest absolute Gasteiger partial charge is 0.489 e. The third-order valence-corrected chi connectivity index (χ3v) is 5.42. The zero-order valence-corrected chi connectivity index (χ0v) is 15.9. The van der Waals surface area contributed by atoms with E-state index in [2.05, 4.69) is 22.3 Å². The molecule has 0 bridgehead atoms. The maximum Gasteiger partial charge on any atom is 0.238 e. The van der Waals surface area contributed by atoms with Crippen molar-refractivity contribution in [1.29, 1.82) is 5.26 Å². The number of halogens is 1. The number of hydrogen-bond acceptors (Lipinski definition) is 5. The number of pyridine rings is 1. The Balaban J connectivity index is 1.43. The standard InChI is InChI=1S/C20H23ClN4O2/c1-2-16-5-6-17(10-22)25(16)20(26)13-24-15-3-7-18(8-4-15)27-19-9-14(21)11-23-12-19/h1,9,11-12,15-18,24H,3-8,13H2/t15?,16?,17-,18?/m0/s1. The van der Waals surface area contributed by atoms with Crippen LogP contribution >= 0.6 is 11.6 Å². The second kappa shape index (κ2) is 9.08. The first-order valence-corrected chi connectivity index (χ1v) is 9.66. The summed E-state index contributed by atoms with van der Waals surface area (Å²) in [6, 6.07) is 3.54. The summed E-state index contributed by atoms with van der Waals surface area (Å²) in [4.78, 5) is 18.1. The highest BCUT2D eigenvalue weighted by atomic mass is 35.5. The minimum absolute atomic E-state index is 0.0922. The Hall–Kier alpha value is -2.28. The molecule has 0 spiro atoms. The van der Waals surface area contributed by atoms with Gasteiger partial charge >= 0.3 is 0 Å². The van der Waals surface area contributed by atoms with Crippen LogP contribution in [0.3, 0.4) is 0 Å². The van der Waals surface area contributed by atoms with E-state index in [1.54, 1.807) is 23.4 Å². The molecular weight excluding hydrogens is 364 g/mol. The molecule has 1 amide bonds. The van der Waals surface area contributed by atoms with Crippen LogP contribution in [0, 0.1) is 23.7 Å². The molecule has 7 heteroatoms. The number of rotatable bonds is 5. The number of likely N-dealkylation sites (tertiary alicyclic amines) is 1. The van der Waals surface area contributed by atoms with Gasteiger partial charge in [0.2, 0.25) is 5.91 Å². The molecule has 1 saturated carbocycles. The summed E-state index contributed by atoms with van der Waals surface area (Å²) in [5.74, 6) is 3.22. The number of nitrogens with zero attached hydrogens (tertiary/aromatic N) is 3. The molecule has 1 saturated heterocycles. The summed E-state index contributed by atoms with van der Waals surface area (Å²) >= 11 is 5.93. The number of amides is 1. The molecule has 1 aliphatic carbocycles. The van der Waals surface area contributed by atoms with E-state index in [1.807, 2.05) is 0 Å². The molecule has 1 aromatic heterocycles. The fourth-order valence-corrected chi connectivity index (χ4v) is 3.97. The highest BCUT2D eigenvalue weighted by molar-refractivity contribution is 6.30. The Bertz CT molecular complexity index is 727. The number of carbonyl (C=O) groups is 1. The van der Waals surface area contributed by atoms with Crippen molar-refractivity contribution in [3.05, 3.63) is 23.5 Å². The van der Waals surface area contributed by atoms with E-state index in [0.717, 1.165) is 25.7 Å². The monoisotopic (exact) mass is 386 g/mol. The summed E-state index contributed by atoms with van der Waals surface area (Å²) in [5.41, 5.74) is 0. The minimum Gasteiger partial charge on any atom is -0.489 e. The predicted molar refractivity (Wildman–Crippen MR) is 102 cm³/mol. The number of carbonyl (C=O) groups excluding carboxylic acids is 1. The van der Waals surface area contributed by atoms with Gasteiger partial charge in [-0.25, -0.2) is 0 Å². The lowest BCUT2D eigenvalue weighted by atomic mass is 9.93. The third-order valence-electron chi connectivity index (χ3n) is 5.21. The summed E-state index contributed by atoms with van der Waals surface area (Å²) in [6.45, 7) is 0.213. The second-order valence-electron chi connectivity index (χ2n) is 7.02. The van der Waals surface area contributed by atoms with Crippen LogP contribution in [0.25, 0.3) is 0 Å². The molecule has 2 heterocycles. The molecule has 1 aromatic rings. The minimum atomic E-state index is -0.407. The van der Waals surface area contributed by atoms with Crippen molar-refractivity contribution in [1.82, 2.24) is 15.2 Å². The number of aromatic nitrogens is 1. The van der Waals surface area contributed by atoms with Crippen molar-refractivity contribution >= 4 is 17.5 Å². The average molecular weight is 387 g/mol. The number of nitrogens with one attached hydrogen (secondary N) is 1. The molecule has 1 unspecified atom stereocenters. The summed E-state index contributed by atoms with van der Waals surface area (Å²) in [6.07, 6.45) is 13.9. The number of terminal acetylenes is 1. The number of hydrogen-bond donors (Lipinski definition) is 1. The van der Waals surface area contributed by atoms with Gasteiger partial charge in [-0.2, -0.15) is 5.26 Å². The lowest BCUT2D eigenvalue weighted by Gasteiger charge is -2.30. The highest BCUT2D eigenvalue weighted by Crippen LogP contribution is 2.26. The number of ether oxygens (including phenoxy) is 1. The molecule has 2 atom stereocenters. The topological polar surface area (TPSA) is 78.2 Å². The van der Waals surface area contributed by atoms with Crippen molar-refractivity contribution in [2.75, 3.05) is 6.54 Å². The molecule has 27 heavy (non-hydrogen) atoms. The van der Waals surface area contributed by atoms with Crippen LogP contribution in [0.1, 0.15) is 38.5 Å². The van der Waals surface area contributed by atoms with Crippen LogP contribution in [0.5, 0.6) is 5.75 Å². The predicted octanol–water partition coefficient (Wildman–Crippen LogP) is 2.53. The van der Waals surface area contributed by atoms with E-state index in [0.29, 0.717) is 23.6 Å². The van der Waals surface area contributed by atoms with Gasteiger partial charge in [-0.1, -0.05) is 17.5 Å². The molecule has 6 nitrogen and oxygen atoms in total. The zero-order chi connectivity index (χ0) is 19.2. The first-order chi connectivity index (χ1) is 13.1. The molecule has 0 aromatic carbocycles. The molecule has 1 aliphatic heterocycles. The summed E-state index contributed by atoms with van der Waals surface area (Å²) in [7, 11) is 0. The summed E-state index contributed by atoms with van der Waals surface area (Å²) < 4.78 is 5.94. The van der Waals surface area contributed by atoms with Gasteiger partial charge in [-0.05, 0) is 38.5 Å². The van der Waals surface area contributed by atoms with Gasteiger partial charge in [0.1, 0.15) is 11.8 Å². The quantitative estimate of drug-likeness (QED) is 0.787. The van der Waals surface area contributed by atoms with Crippen molar-refractivity contribution in [2.45, 2.75) is 62.8 Å². The van der Waals surface area contributed by atoms with Crippen LogP contribution in [0.4, 0.5) is 0 Å². The smallest absolute Gasteiger partial charge is 0.238 e. The Morgan fingerprint density at radius 3 is 2.70 bits per heavy atom. The van der Waals surface area contributed by atoms with Crippen LogP contribution in [0.2, 0.25) is 5.02 Å². The fourth-order valence-electron chi connectivity index (χ4n) is 3.81. The van der Waals surface area contributed by atoms with E-state index >= 15 is 0 Å². The maximum atomic E-state index is 12.5. The van der Waals surface area contributed by atoms with Crippen molar-refractivity contribution in [3.8, 4) is 24.2 Å². The SMILES string of the molecule is C#CC1CC[C@@H](C#N)N1C(=O)CNC1CCC(Oc2cncc(Cl)c2)CC1. The Kier molecular flexibility index (Phi) is 6.55. The molecule has 0 radical (unpaired) electrons. The third kappa shape index (κ3) is 4.91. The van der Waals surface area contributed by atoms with E-state index in [1.165, 1.54) is 0 Å². The van der Waals surface area contributed by atoms with Gasteiger partial charge in [0.15, 0.2) is 0 Å². The molecule has 3 rings (SSSR count). The van der Waals surface area contributed by atoms with Crippen LogP contribution in [-0.2, 0) is 4.79 Å². The van der Waals surface area contributed by atoms with Gasteiger partial charge in [0, 0.05) is 18.3 Å². The van der Waals surface area contributed by atoms with E-state index in [4.69, 9.17) is 22.8 Å². The Morgan fingerprint density at radius 1 is 1.30 bits per heavy atom. The van der Waals surface area contributed by atoms with Crippen LogP contribution in [0.15, 0.2) is 18.5 Å². The van der Waals surface area contributed by atoms with Gasteiger partial charge in [-0.3, -0.25) is 9.78 Å². The van der Waals surface area contributed by atoms with E-state index in [9.17, 15) is 10.1 Å². The first kappa shape index (κ1) is 19.5. The molecule has 2 aliphatic rings. The van der Waals surface area contributed by atoms with Gasteiger partial charge in [0.05, 0.1) is 36.0 Å². The molecule has 2 fully saturated rings. The summed E-state index contributed by atoms with van der Waals surface area (Å²) in [5, 5.41) is 13.1. The molecule has 142 valence electrons. The average Bonchev–Trinajstić information content (AvgIpc) is 3.10.